The molecule has 0 saturated heterocycles. The van der Waals surface area contributed by atoms with Crippen molar-refractivity contribution in [2.45, 2.75) is 37.0 Å². The van der Waals surface area contributed by atoms with Crippen molar-refractivity contribution in [3.63, 3.8) is 0 Å². The number of thioether (sulfide) groups is 1. The Kier molecular flexibility index (Phi) is 8.73. The molecular weight excluding hydrogens is 603 g/mol. The number of ether oxygens (including phenoxy) is 1. The van der Waals surface area contributed by atoms with E-state index in [1.807, 2.05) is 0 Å². The van der Waals surface area contributed by atoms with E-state index in [4.69, 9.17) is 9.84 Å². The molecule has 0 bridgehead atoms. The number of alkyl halides is 3. The first-order valence-corrected chi connectivity index (χ1v) is 14.5. The summed E-state index contributed by atoms with van der Waals surface area (Å²) in [7, 11) is 1.28. The molecule has 5 rings (SSSR count). The zero-order valence-electron chi connectivity index (χ0n) is 23.6. The average Bonchev–Trinajstić information content (AvgIpc) is 3.40. The number of rotatable bonds is 9. The average molecular weight is 631 g/mol. The smallest absolute Gasteiger partial charge is 0.416 e. The number of carbonyl (C=O) groups is 1. The number of carboxylic acids is 1. The first-order valence-electron chi connectivity index (χ1n) is 13.5. The monoisotopic (exact) mass is 630 g/mol. The van der Waals surface area contributed by atoms with Crippen LogP contribution in [0.15, 0.2) is 70.5 Å². The minimum atomic E-state index is -4.82. The van der Waals surface area contributed by atoms with Crippen LogP contribution in [0.3, 0.4) is 0 Å². The Hall–Kier alpha value is -4.32. The second-order valence-corrected chi connectivity index (χ2v) is 11.3. The summed E-state index contributed by atoms with van der Waals surface area (Å²) in [5.74, 6) is -2.53. The normalized spacial score (nSPS) is 14.4. The van der Waals surface area contributed by atoms with Crippen LogP contribution in [0.25, 0.3) is 11.1 Å². The number of pyridine rings is 1. The maximum absolute atomic E-state index is 15.6. The lowest BCUT2D eigenvalue weighted by molar-refractivity contribution is -0.138. The highest BCUT2D eigenvalue weighted by Gasteiger charge is 2.36. The van der Waals surface area contributed by atoms with Gasteiger partial charge in [-0.3, -0.25) is 14.2 Å². The van der Waals surface area contributed by atoms with E-state index in [-0.39, 0.29) is 35.4 Å². The zero-order valence-corrected chi connectivity index (χ0v) is 24.4. The lowest BCUT2D eigenvalue weighted by atomic mass is 9.92. The number of aliphatic carboxylic acids is 1. The van der Waals surface area contributed by atoms with Gasteiger partial charge < -0.3 is 15.2 Å². The SMILES string of the molecule is COc1cccc(-c2c(C)c(Cc3c(F)cccc3C(F)(F)F)c3n(c2=O)C(CNc2ccc(CC(=O)O)cc2)CS3)c1F. The number of fused-ring (bicyclic) bond motifs is 1. The highest BCUT2D eigenvalue weighted by molar-refractivity contribution is 7.99. The van der Waals surface area contributed by atoms with E-state index in [0.717, 1.165) is 18.2 Å². The molecule has 4 aromatic rings. The molecule has 44 heavy (non-hydrogen) atoms. The lowest BCUT2D eigenvalue weighted by Crippen LogP contribution is -2.31. The minimum Gasteiger partial charge on any atom is -0.494 e. The molecule has 12 heteroatoms. The molecule has 1 aliphatic heterocycles. The Bertz CT molecular complexity index is 1790. The van der Waals surface area contributed by atoms with Crippen molar-refractivity contribution in [1.82, 2.24) is 4.57 Å². The number of nitrogens with one attached hydrogen (secondary N) is 1. The first-order chi connectivity index (χ1) is 20.9. The summed E-state index contributed by atoms with van der Waals surface area (Å²) in [6, 6.07) is 13.3. The van der Waals surface area contributed by atoms with Gasteiger partial charge in [-0.05, 0) is 53.9 Å². The summed E-state index contributed by atoms with van der Waals surface area (Å²) in [5.41, 5.74) is -0.528. The molecule has 2 N–H and O–H groups in total. The molecule has 0 amide bonds. The Balaban J connectivity index is 1.62. The number of methoxy groups -OCH3 is 1. The topological polar surface area (TPSA) is 80.6 Å². The van der Waals surface area contributed by atoms with Crippen molar-refractivity contribution in [3.05, 3.63) is 110 Å². The van der Waals surface area contributed by atoms with Crippen LogP contribution in [0.2, 0.25) is 0 Å². The van der Waals surface area contributed by atoms with Crippen LogP contribution in [0.1, 0.15) is 33.9 Å². The second-order valence-electron chi connectivity index (χ2n) is 10.3. The summed E-state index contributed by atoms with van der Waals surface area (Å²) >= 11 is 1.27. The van der Waals surface area contributed by atoms with Gasteiger partial charge in [0.05, 0.1) is 35.7 Å². The molecule has 0 aliphatic carbocycles. The molecular formula is C32H27F5N2O4S. The van der Waals surface area contributed by atoms with Crippen LogP contribution in [0.5, 0.6) is 5.75 Å². The molecule has 6 nitrogen and oxygen atoms in total. The summed E-state index contributed by atoms with van der Waals surface area (Å²) in [6.07, 6.45) is -5.42. The fourth-order valence-electron chi connectivity index (χ4n) is 5.44. The molecule has 0 fully saturated rings. The summed E-state index contributed by atoms with van der Waals surface area (Å²) in [6.45, 7) is 1.76. The van der Waals surface area contributed by atoms with Gasteiger partial charge in [-0.1, -0.05) is 30.3 Å². The van der Waals surface area contributed by atoms with Crippen LogP contribution in [-0.2, 0) is 23.8 Å². The molecule has 1 unspecified atom stereocenters. The molecule has 0 saturated carbocycles. The Morgan fingerprint density at radius 1 is 1.07 bits per heavy atom. The third-order valence-corrected chi connectivity index (χ3v) is 8.86. The van der Waals surface area contributed by atoms with Crippen molar-refractivity contribution >= 4 is 23.4 Å². The van der Waals surface area contributed by atoms with Gasteiger partial charge in [0.25, 0.3) is 5.56 Å². The number of carboxylic acid groups (broad SMARTS) is 1. The van der Waals surface area contributed by atoms with Gasteiger partial charge in [0.2, 0.25) is 0 Å². The van der Waals surface area contributed by atoms with E-state index in [9.17, 15) is 22.8 Å². The van der Waals surface area contributed by atoms with Crippen LogP contribution in [0, 0.1) is 18.6 Å². The number of aromatic nitrogens is 1. The van der Waals surface area contributed by atoms with E-state index < -0.39 is 52.9 Å². The van der Waals surface area contributed by atoms with Gasteiger partial charge in [-0.25, -0.2) is 8.78 Å². The fourth-order valence-corrected chi connectivity index (χ4v) is 6.82. The molecule has 230 valence electrons. The second kappa shape index (κ2) is 12.4. The Morgan fingerprint density at radius 3 is 2.43 bits per heavy atom. The van der Waals surface area contributed by atoms with E-state index in [2.05, 4.69) is 5.32 Å². The number of nitrogens with zero attached hydrogens (tertiary/aromatic N) is 1. The molecule has 2 heterocycles. The molecule has 3 aromatic carbocycles. The first kappa shape index (κ1) is 31.1. The predicted molar refractivity (Wildman–Crippen MR) is 158 cm³/mol. The van der Waals surface area contributed by atoms with Crippen molar-refractivity contribution < 1.29 is 36.6 Å². The number of benzene rings is 3. The van der Waals surface area contributed by atoms with Crippen molar-refractivity contribution in [1.29, 1.82) is 0 Å². The van der Waals surface area contributed by atoms with Gasteiger partial charge in [-0.15, -0.1) is 11.8 Å². The van der Waals surface area contributed by atoms with Crippen LogP contribution >= 0.6 is 11.8 Å². The molecule has 1 aliphatic rings. The lowest BCUT2D eigenvalue weighted by Gasteiger charge is -2.22. The minimum absolute atomic E-state index is 0.0458. The summed E-state index contributed by atoms with van der Waals surface area (Å²) in [4.78, 5) is 25.1. The highest BCUT2D eigenvalue weighted by Crippen LogP contribution is 2.42. The van der Waals surface area contributed by atoms with Gasteiger partial charge in [-0.2, -0.15) is 13.2 Å². The van der Waals surface area contributed by atoms with Gasteiger partial charge in [0, 0.05) is 35.5 Å². The van der Waals surface area contributed by atoms with Crippen LogP contribution in [-0.4, -0.2) is 35.1 Å². The van der Waals surface area contributed by atoms with Gasteiger partial charge >= 0.3 is 12.1 Å². The molecule has 1 aromatic heterocycles. The third kappa shape index (κ3) is 6.03. The maximum Gasteiger partial charge on any atom is 0.416 e. The van der Waals surface area contributed by atoms with E-state index in [1.165, 1.54) is 48.6 Å². The van der Waals surface area contributed by atoms with Crippen molar-refractivity contribution in [2.24, 2.45) is 0 Å². The van der Waals surface area contributed by atoms with Crippen LogP contribution in [0.4, 0.5) is 27.6 Å². The summed E-state index contributed by atoms with van der Waals surface area (Å²) < 4.78 is 78.9. The molecule has 0 spiro atoms. The number of anilines is 1. The van der Waals surface area contributed by atoms with Gasteiger partial charge in [0.15, 0.2) is 11.6 Å². The highest BCUT2D eigenvalue weighted by atomic mass is 32.2. The van der Waals surface area contributed by atoms with Gasteiger partial charge in [0.1, 0.15) is 5.82 Å². The van der Waals surface area contributed by atoms with Crippen LogP contribution < -0.4 is 15.6 Å². The van der Waals surface area contributed by atoms with Crippen molar-refractivity contribution in [2.75, 3.05) is 24.7 Å². The number of hydrogen-bond donors (Lipinski definition) is 2. The predicted octanol–water partition coefficient (Wildman–Crippen LogP) is 7.11. The van der Waals surface area contributed by atoms with E-state index in [0.29, 0.717) is 27.6 Å². The molecule has 0 radical (unpaired) electrons. The largest absolute Gasteiger partial charge is 0.494 e. The third-order valence-electron chi connectivity index (χ3n) is 7.60. The standard InChI is InChI=1S/C32H27F5N2O4S/c1-17-22(14-23-24(32(35,36)37)6-4-7-25(23)33)31-39(30(42)28(17)21-5-3-8-26(43-2)29(21)34)20(16-44-31)15-38-19-11-9-18(10-12-19)13-27(40)41/h3-12,20,38H,13-16H2,1-2H3,(H,40,41). The van der Waals surface area contributed by atoms with E-state index in [1.54, 1.807) is 24.3 Å². The van der Waals surface area contributed by atoms with Crippen molar-refractivity contribution in [3.8, 4) is 16.9 Å². The quantitative estimate of drug-likeness (QED) is 0.192. The maximum atomic E-state index is 15.6. The molecule has 1 atom stereocenters. The number of halogens is 5. The number of hydrogen-bond acceptors (Lipinski definition) is 5. The zero-order chi connectivity index (χ0) is 31.8. The fraction of sp³-hybridized carbons (Fsp3) is 0.250. The Morgan fingerprint density at radius 2 is 1.77 bits per heavy atom. The Labute approximate surface area is 253 Å². The van der Waals surface area contributed by atoms with E-state index >= 15 is 8.78 Å². The summed E-state index contributed by atoms with van der Waals surface area (Å²) in [5, 5.41) is 12.6.